The molecule has 164 valence electrons. The number of rotatable bonds is 10. The minimum absolute atomic E-state index is 0.0987. The normalized spacial score (nSPS) is 27.9. The Bertz CT molecular complexity index is 709. The molecule has 0 amide bonds. The van der Waals surface area contributed by atoms with Crippen LogP contribution in [0, 0.1) is 18.8 Å². The van der Waals surface area contributed by atoms with Gasteiger partial charge in [-0.25, -0.2) is 0 Å². The van der Waals surface area contributed by atoms with Crippen LogP contribution in [-0.4, -0.2) is 34.0 Å². The summed E-state index contributed by atoms with van der Waals surface area (Å²) in [5, 5.41) is 0. The van der Waals surface area contributed by atoms with Crippen LogP contribution < -0.4 is 0 Å². The van der Waals surface area contributed by atoms with Gasteiger partial charge in [-0.05, 0) is 69.4 Å². The Kier molecular flexibility index (Phi) is 8.54. The maximum atomic E-state index is 12.6. The monoisotopic (exact) mass is 424 g/mol. The summed E-state index contributed by atoms with van der Waals surface area (Å²) in [7, 11) is -3.72. The van der Waals surface area contributed by atoms with Crippen LogP contribution in [0.15, 0.2) is 29.2 Å². The van der Waals surface area contributed by atoms with E-state index in [1.165, 1.54) is 12.8 Å². The first-order chi connectivity index (χ1) is 14.0. The van der Waals surface area contributed by atoms with Gasteiger partial charge in [0.1, 0.15) is 0 Å². The molecule has 2 aliphatic rings. The van der Waals surface area contributed by atoms with Crippen molar-refractivity contribution in [1.82, 2.24) is 0 Å². The van der Waals surface area contributed by atoms with Crippen molar-refractivity contribution in [2.45, 2.75) is 88.9 Å². The summed E-state index contributed by atoms with van der Waals surface area (Å²) >= 11 is 0. The molecule has 5 nitrogen and oxygen atoms in total. The van der Waals surface area contributed by atoms with Gasteiger partial charge in [0.05, 0.1) is 17.6 Å². The van der Waals surface area contributed by atoms with E-state index in [1.807, 2.05) is 6.92 Å². The molecule has 1 unspecified atom stereocenters. The van der Waals surface area contributed by atoms with E-state index in [9.17, 15) is 8.42 Å². The maximum absolute atomic E-state index is 12.6. The number of hydrogen-bond donors (Lipinski definition) is 0. The first-order valence-corrected chi connectivity index (χ1v) is 12.6. The lowest BCUT2D eigenvalue weighted by Gasteiger charge is -2.30. The lowest BCUT2D eigenvalue weighted by molar-refractivity contribution is -0.196. The lowest BCUT2D eigenvalue weighted by Crippen LogP contribution is -2.32. The zero-order valence-electron chi connectivity index (χ0n) is 17.8. The van der Waals surface area contributed by atoms with Gasteiger partial charge in [0.2, 0.25) is 0 Å². The Labute approximate surface area is 176 Å². The Morgan fingerprint density at radius 3 is 2.55 bits per heavy atom. The average Bonchev–Trinajstić information content (AvgIpc) is 3.09. The van der Waals surface area contributed by atoms with Gasteiger partial charge in [-0.1, -0.05) is 43.9 Å². The number of aryl methyl sites for hydroxylation is 1. The van der Waals surface area contributed by atoms with Crippen LogP contribution in [0.3, 0.4) is 0 Å². The fraction of sp³-hybridized carbons (Fsp3) is 0.739. The predicted octanol–water partition coefficient (Wildman–Crippen LogP) is 5.22. The van der Waals surface area contributed by atoms with Gasteiger partial charge >= 0.3 is 0 Å². The van der Waals surface area contributed by atoms with Crippen molar-refractivity contribution < 1.29 is 22.1 Å². The van der Waals surface area contributed by atoms with Gasteiger partial charge in [-0.3, -0.25) is 4.18 Å². The van der Waals surface area contributed by atoms with Crippen LogP contribution in [-0.2, 0) is 23.8 Å². The first-order valence-electron chi connectivity index (χ1n) is 11.2. The highest BCUT2D eigenvalue weighted by atomic mass is 32.2. The van der Waals surface area contributed by atoms with Gasteiger partial charge < -0.3 is 9.47 Å². The molecule has 0 N–H and O–H groups in total. The summed E-state index contributed by atoms with van der Waals surface area (Å²) in [5.41, 5.74) is 1.03. The fourth-order valence-corrected chi connectivity index (χ4v) is 5.46. The molecule has 1 aromatic rings. The highest BCUT2D eigenvalue weighted by Gasteiger charge is 2.39. The SMILES string of the molecule is CCCCC[C@H]1[C@@H](COS(=O)(=O)c2ccc(C)cc2)CC[C@H]1OC1CCCCO1. The zero-order chi connectivity index (χ0) is 20.7. The van der Waals surface area contributed by atoms with E-state index >= 15 is 0 Å². The van der Waals surface area contributed by atoms with E-state index in [4.69, 9.17) is 13.7 Å². The molecule has 1 aliphatic carbocycles. The summed E-state index contributed by atoms with van der Waals surface area (Å²) in [6, 6.07) is 6.83. The van der Waals surface area contributed by atoms with Crippen LogP contribution in [0.4, 0.5) is 0 Å². The Hall–Kier alpha value is -0.950. The standard InChI is InChI=1S/C23H36O5S/c1-3-4-5-8-21-19(12-15-22(21)28-23-9-6-7-16-26-23)17-27-29(24,25)20-13-10-18(2)11-14-20/h10-11,13-14,19,21-23H,3-9,12,15-17H2,1-2H3/t19-,21+,22-,23?/m1/s1. The van der Waals surface area contributed by atoms with E-state index < -0.39 is 10.1 Å². The molecule has 3 rings (SSSR count). The van der Waals surface area contributed by atoms with E-state index in [0.717, 1.165) is 57.1 Å². The van der Waals surface area contributed by atoms with E-state index in [2.05, 4.69) is 6.92 Å². The van der Waals surface area contributed by atoms with Crippen molar-refractivity contribution >= 4 is 10.1 Å². The molecule has 0 aromatic heterocycles. The van der Waals surface area contributed by atoms with Gasteiger partial charge in [0.25, 0.3) is 10.1 Å². The van der Waals surface area contributed by atoms with E-state index in [1.54, 1.807) is 24.3 Å². The molecule has 1 saturated heterocycles. The number of benzene rings is 1. The molecule has 29 heavy (non-hydrogen) atoms. The second-order valence-corrected chi connectivity index (χ2v) is 10.1. The van der Waals surface area contributed by atoms with E-state index in [-0.39, 0.29) is 29.8 Å². The molecule has 1 saturated carbocycles. The molecule has 1 heterocycles. The van der Waals surface area contributed by atoms with Gasteiger partial charge in [0, 0.05) is 6.61 Å². The van der Waals surface area contributed by atoms with Crippen LogP contribution in [0.2, 0.25) is 0 Å². The molecule has 2 fully saturated rings. The Morgan fingerprint density at radius 2 is 1.86 bits per heavy atom. The Morgan fingerprint density at radius 1 is 1.07 bits per heavy atom. The highest BCUT2D eigenvalue weighted by Crippen LogP contribution is 2.39. The average molecular weight is 425 g/mol. The summed E-state index contributed by atoms with van der Waals surface area (Å²) in [4.78, 5) is 0.229. The van der Waals surface area contributed by atoms with Gasteiger partial charge in [-0.2, -0.15) is 8.42 Å². The molecule has 0 bridgehead atoms. The van der Waals surface area contributed by atoms with Crippen LogP contribution in [0.25, 0.3) is 0 Å². The van der Waals surface area contributed by atoms with Crippen molar-refractivity contribution in [3.8, 4) is 0 Å². The van der Waals surface area contributed by atoms with Crippen molar-refractivity contribution in [3.63, 3.8) is 0 Å². The highest BCUT2D eigenvalue weighted by molar-refractivity contribution is 7.86. The fourth-order valence-electron chi connectivity index (χ4n) is 4.50. The van der Waals surface area contributed by atoms with Crippen LogP contribution in [0.1, 0.15) is 70.3 Å². The summed E-state index contributed by atoms with van der Waals surface area (Å²) in [6.07, 6.45) is 9.73. The minimum atomic E-state index is -3.72. The summed E-state index contributed by atoms with van der Waals surface area (Å²) < 4.78 is 42.8. The second kappa shape index (κ2) is 10.9. The van der Waals surface area contributed by atoms with Gasteiger partial charge in [0.15, 0.2) is 6.29 Å². The van der Waals surface area contributed by atoms with Crippen molar-refractivity contribution in [1.29, 1.82) is 0 Å². The number of unbranched alkanes of at least 4 members (excludes halogenated alkanes) is 2. The molecule has 4 atom stereocenters. The van der Waals surface area contributed by atoms with E-state index in [0.29, 0.717) is 5.92 Å². The summed E-state index contributed by atoms with van der Waals surface area (Å²) in [5.74, 6) is 0.543. The molecule has 0 radical (unpaired) electrons. The third-order valence-electron chi connectivity index (χ3n) is 6.26. The maximum Gasteiger partial charge on any atom is 0.296 e. The summed E-state index contributed by atoms with van der Waals surface area (Å²) in [6.45, 7) is 5.15. The quantitative estimate of drug-likeness (QED) is 0.381. The predicted molar refractivity (Wildman–Crippen MR) is 113 cm³/mol. The zero-order valence-corrected chi connectivity index (χ0v) is 18.7. The first kappa shape index (κ1) is 22.7. The number of hydrogen-bond acceptors (Lipinski definition) is 5. The van der Waals surface area contributed by atoms with Gasteiger partial charge in [-0.15, -0.1) is 0 Å². The topological polar surface area (TPSA) is 61.8 Å². The second-order valence-electron chi connectivity index (χ2n) is 8.52. The molecule has 6 heteroatoms. The van der Waals surface area contributed by atoms with Crippen LogP contribution >= 0.6 is 0 Å². The van der Waals surface area contributed by atoms with Crippen LogP contribution in [0.5, 0.6) is 0 Å². The number of ether oxygens (including phenoxy) is 2. The molecular weight excluding hydrogens is 388 g/mol. The smallest absolute Gasteiger partial charge is 0.296 e. The molecule has 1 aromatic carbocycles. The molecule has 1 aliphatic heterocycles. The van der Waals surface area contributed by atoms with Crippen molar-refractivity contribution in [2.75, 3.05) is 13.2 Å². The Balaban J connectivity index is 1.60. The molecule has 0 spiro atoms. The molecular formula is C23H36O5S. The largest absolute Gasteiger partial charge is 0.353 e. The van der Waals surface area contributed by atoms with Crippen molar-refractivity contribution in [2.24, 2.45) is 11.8 Å². The van der Waals surface area contributed by atoms with Crippen molar-refractivity contribution in [3.05, 3.63) is 29.8 Å². The third kappa shape index (κ3) is 6.51. The minimum Gasteiger partial charge on any atom is -0.353 e. The lowest BCUT2D eigenvalue weighted by atomic mass is 9.90. The third-order valence-corrected chi connectivity index (χ3v) is 7.55.